The Morgan fingerprint density at radius 1 is 1.28 bits per heavy atom. The van der Waals surface area contributed by atoms with E-state index in [1.54, 1.807) is 19.5 Å². The Kier molecular flexibility index (Phi) is 2.76. The van der Waals surface area contributed by atoms with E-state index in [2.05, 4.69) is 30.9 Å². The third-order valence-electron chi connectivity index (χ3n) is 2.71. The maximum absolute atomic E-state index is 5.23. The summed E-state index contributed by atoms with van der Waals surface area (Å²) in [4.78, 5) is 11.9. The topological polar surface area (TPSA) is 50.8 Å². The van der Waals surface area contributed by atoms with Crippen LogP contribution in [0, 0.1) is 0 Å². The fraction of sp³-hybridized carbons (Fsp3) is 0.0769. The Balaban J connectivity index is 2.19. The summed E-state index contributed by atoms with van der Waals surface area (Å²) in [5, 5.41) is 0. The van der Waals surface area contributed by atoms with Gasteiger partial charge in [-0.2, -0.15) is 0 Å². The van der Waals surface area contributed by atoms with Gasteiger partial charge in [-0.1, -0.05) is 15.9 Å². The molecular formula is C13H10BrN3O. The molecule has 0 bridgehead atoms. The van der Waals surface area contributed by atoms with Crippen molar-refractivity contribution in [2.75, 3.05) is 7.11 Å². The number of benzene rings is 1. The Bertz CT molecular complexity index is 675. The fourth-order valence-corrected chi connectivity index (χ4v) is 2.23. The van der Waals surface area contributed by atoms with E-state index < -0.39 is 0 Å². The second-order valence-electron chi connectivity index (χ2n) is 3.82. The van der Waals surface area contributed by atoms with Gasteiger partial charge in [0.2, 0.25) is 0 Å². The first-order valence-electron chi connectivity index (χ1n) is 5.41. The first-order chi connectivity index (χ1) is 8.78. The molecule has 0 aliphatic heterocycles. The van der Waals surface area contributed by atoms with E-state index in [-0.39, 0.29) is 0 Å². The Morgan fingerprint density at radius 2 is 2.17 bits per heavy atom. The normalized spacial score (nSPS) is 10.8. The number of hydrogen-bond acceptors (Lipinski definition) is 3. The molecule has 3 rings (SSSR count). The molecule has 2 heterocycles. The van der Waals surface area contributed by atoms with E-state index in [0.717, 1.165) is 32.6 Å². The number of H-pyrrole nitrogens is 1. The van der Waals surface area contributed by atoms with Crippen molar-refractivity contribution in [1.82, 2.24) is 15.0 Å². The molecule has 1 aromatic carbocycles. The Morgan fingerprint density at radius 3 is 2.94 bits per heavy atom. The predicted octanol–water partition coefficient (Wildman–Crippen LogP) is 3.40. The number of hydrogen-bond donors (Lipinski definition) is 1. The van der Waals surface area contributed by atoms with Gasteiger partial charge in [0.1, 0.15) is 11.6 Å². The molecule has 0 atom stereocenters. The fourth-order valence-electron chi connectivity index (χ4n) is 1.80. The van der Waals surface area contributed by atoms with Crippen molar-refractivity contribution < 1.29 is 4.74 Å². The summed E-state index contributed by atoms with van der Waals surface area (Å²) in [5.74, 6) is 1.59. The smallest absolute Gasteiger partial charge is 0.139 e. The van der Waals surface area contributed by atoms with Gasteiger partial charge < -0.3 is 9.72 Å². The second kappa shape index (κ2) is 4.42. The highest BCUT2D eigenvalue weighted by Gasteiger charge is 2.09. The quantitative estimate of drug-likeness (QED) is 0.789. The lowest BCUT2D eigenvalue weighted by Gasteiger charge is -2.04. The van der Waals surface area contributed by atoms with Crippen LogP contribution in [0.4, 0.5) is 0 Å². The molecule has 18 heavy (non-hydrogen) atoms. The molecule has 0 fully saturated rings. The summed E-state index contributed by atoms with van der Waals surface area (Å²) in [5.41, 5.74) is 2.78. The molecule has 0 amide bonds. The standard InChI is InChI=1S/C13H10BrN3O/c1-18-8-2-3-10(14)9(6-8)13-16-11-4-5-15-7-12(11)17-13/h2-7H,1H3,(H,16,17). The predicted molar refractivity (Wildman–Crippen MR) is 73.6 cm³/mol. The highest BCUT2D eigenvalue weighted by atomic mass is 79.9. The number of fused-ring (bicyclic) bond motifs is 1. The number of pyridine rings is 1. The van der Waals surface area contributed by atoms with E-state index in [4.69, 9.17) is 4.74 Å². The van der Waals surface area contributed by atoms with Crippen LogP contribution in [0.5, 0.6) is 5.75 Å². The number of aromatic nitrogens is 3. The number of ether oxygens (including phenoxy) is 1. The van der Waals surface area contributed by atoms with Gasteiger partial charge >= 0.3 is 0 Å². The van der Waals surface area contributed by atoms with E-state index in [0.29, 0.717) is 0 Å². The zero-order valence-electron chi connectivity index (χ0n) is 9.64. The number of nitrogens with one attached hydrogen (secondary N) is 1. The summed E-state index contributed by atoms with van der Waals surface area (Å²) in [6, 6.07) is 7.66. The number of imidazole rings is 1. The summed E-state index contributed by atoms with van der Waals surface area (Å²) in [6.07, 6.45) is 3.49. The molecule has 4 nitrogen and oxygen atoms in total. The molecule has 90 valence electrons. The van der Waals surface area contributed by atoms with Crippen molar-refractivity contribution in [2.24, 2.45) is 0 Å². The van der Waals surface area contributed by atoms with Crippen molar-refractivity contribution in [2.45, 2.75) is 0 Å². The van der Waals surface area contributed by atoms with Crippen LogP contribution in [0.25, 0.3) is 22.4 Å². The first kappa shape index (κ1) is 11.2. The molecule has 5 heteroatoms. The first-order valence-corrected chi connectivity index (χ1v) is 6.21. The maximum atomic E-state index is 5.23. The Hall–Kier alpha value is -1.88. The molecule has 1 N–H and O–H groups in total. The highest BCUT2D eigenvalue weighted by Crippen LogP contribution is 2.30. The van der Waals surface area contributed by atoms with Gasteiger partial charge in [-0.25, -0.2) is 4.98 Å². The summed E-state index contributed by atoms with van der Waals surface area (Å²) in [7, 11) is 1.65. The van der Waals surface area contributed by atoms with Crippen molar-refractivity contribution >= 4 is 27.0 Å². The summed E-state index contributed by atoms with van der Waals surface area (Å²) in [6.45, 7) is 0. The maximum Gasteiger partial charge on any atom is 0.139 e. The summed E-state index contributed by atoms with van der Waals surface area (Å²) < 4.78 is 6.20. The largest absolute Gasteiger partial charge is 0.497 e. The number of aromatic amines is 1. The lowest BCUT2D eigenvalue weighted by atomic mass is 10.2. The van der Waals surface area contributed by atoms with Gasteiger partial charge in [0.15, 0.2) is 0 Å². The van der Waals surface area contributed by atoms with Gasteiger partial charge in [0.05, 0.1) is 24.3 Å². The van der Waals surface area contributed by atoms with Crippen LogP contribution in [-0.4, -0.2) is 22.1 Å². The van der Waals surface area contributed by atoms with Crippen LogP contribution in [0.3, 0.4) is 0 Å². The second-order valence-corrected chi connectivity index (χ2v) is 4.68. The molecule has 0 radical (unpaired) electrons. The van der Waals surface area contributed by atoms with Crippen molar-refractivity contribution in [3.8, 4) is 17.1 Å². The molecule has 0 aliphatic carbocycles. The van der Waals surface area contributed by atoms with Gasteiger partial charge in [0, 0.05) is 16.2 Å². The number of rotatable bonds is 2. The zero-order chi connectivity index (χ0) is 12.5. The molecular weight excluding hydrogens is 294 g/mol. The van der Waals surface area contributed by atoms with Crippen LogP contribution in [0.1, 0.15) is 0 Å². The minimum absolute atomic E-state index is 0.795. The molecule has 0 unspecified atom stereocenters. The molecule has 3 aromatic rings. The van der Waals surface area contributed by atoms with E-state index in [1.807, 2.05) is 24.3 Å². The average Bonchev–Trinajstić information content (AvgIpc) is 2.82. The van der Waals surface area contributed by atoms with Crippen LogP contribution in [-0.2, 0) is 0 Å². The molecule has 0 aliphatic rings. The minimum Gasteiger partial charge on any atom is -0.497 e. The Labute approximate surface area is 112 Å². The van der Waals surface area contributed by atoms with Crippen LogP contribution in [0.2, 0.25) is 0 Å². The summed E-state index contributed by atoms with van der Waals surface area (Å²) >= 11 is 3.52. The molecule has 0 saturated heterocycles. The minimum atomic E-state index is 0.795. The lowest BCUT2D eigenvalue weighted by molar-refractivity contribution is 0.415. The van der Waals surface area contributed by atoms with Gasteiger partial charge in [-0.15, -0.1) is 0 Å². The lowest BCUT2D eigenvalue weighted by Crippen LogP contribution is -1.86. The monoisotopic (exact) mass is 303 g/mol. The van der Waals surface area contributed by atoms with E-state index >= 15 is 0 Å². The van der Waals surface area contributed by atoms with Gasteiger partial charge in [-0.05, 0) is 24.3 Å². The molecule has 0 spiro atoms. The van der Waals surface area contributed by atoms with Gasteiger partial charge in [-0.3, -0.25) is 4.98 Å². The SMILES string of the molecule is COc1ccc(Br)c(-c2nc3ccncc3[nH]2)c1. The van der Waals surface area contributed by atoms with Crippen LogP contribution in [0.15, 0.2) is 41.1 Å². The number of nitrogens with zero attached hydrogens (tertiary/aromatic N) is 2. The molecule has 2 aromatic heterocycles. The number of methoxy groups -OCH3 is 1. The van der Waals surface area contributed by atoms with Crippen molar-refractivity contribution in [3.63, 3.8) is 0 Å². The van der Waals surface area contributed by atoms with E-state index in [9.17, 15) is 0 Å². The molecule has 0 saturated carbocycles. The van der Waals surface area contributed by atoms with Gasteiger partial charge in [0.25, 0.3) is 0 Å². The zero-order valence-corrected chi connectivity index (χ0v) is 11.2. The third-order valence-corrected chi connectivity index (χ3v) is 3.40. The van der Waals surface area contributed by atoms with Crippen molar-refractivity contribution in [1.29, 1.82) is 0 Å². The average molecular weight is 304 g/mol. The van der Waals surface area contributed by atoms with E-state index in [1.165, 1.54) is 0 Å². The van der Waals surface area contributed by atoms with Crippen LogP contribution < -0.4 is 4.74 Å². The highest BCUT2D eigenvalue weighted by molar-refractivity contribution is 9.10. The van der Waals surface area contributed by atoms with Crippen molar-refractivity contribution in [3.05, 3.63) is 41.1 Å². The number of halogens is 1. The van der Waals surface area contributed by atoms with Crippen LogP contribution >= 0.6 is 15.9 Å². The third kappa shape index (κ3) is 1.86.